The van der Waals surface area contributed by atoms with Crippen LogP contribution in [0.3, 0.4) is 0 Å². The Balaban J connectivity index is -0.000000597. The normalized spacial score (nSPS) is 9.94. The van der Waals surface area contributed by atoms with Gasteiger partial charge in [-0.3, -0.25) is 9.59 Å². The van der Waals surface area contributed by atoms with Gasteiger partial charge in [0.15, 0.2) is 5.78 Å². The molecule has 1 heterocycles. The standard InChI is InChI=1S/C15H16N2O2.C11H14O.C4H5F3.C3H9N.C2H6N2.C2H6/c1-4-11-6-7-13(19)9-15(11)17-14(10(3)18)8-12(5-2)16-17;1-4-11-9(3)5-8(2)6-10(11)7-12;1-3(2)4(5,6)7;1-4(2)3;1-3-4-2;1-2/h4,6-9,19H,1,5H2,2-3H3;5-7H,4H2,1-3H3;1H2,2H3;1-3H3;1-2H3;1-2H3. The molecule has 1 aromatic heterocycles. The number of phenolic OH excluding ortho intramolecular Hbond substituents is 1. The van der Waals surface area contributed by atoms with Crippen LogP contribution in [0.5, 0.6) is 5.75 Å². The number of benzene rings is 2. The largest absolute Gasteiger partial charge is 0.508 e. The topological polar surface area (TPSA) is 100 Å². The highest BCUT2D eigenvalue weighted by Crippen LogP contribution is 2.24. The van der Waals surface area contributed by atoms with E-state index in [-0.39, 0.29) is 11.5 Å². The Labute approximate surface area is 286 Å². The Morgan fingerprint density at radius 2 is 1.48 bits per heavy atom. The molecule has 0 unspecified atom stereocenters. The Kier molecular flexibility index (Phi) is 25.7. The van der Waals surface area contributed by atoms with Gasteiger partial charge in [0.1, 0.15) is 17.7 Å². The van der Waals surface area contributed by atoms with E-state index in [0.29, 0.717) is 11.4 Å². The second-order valence-electron chi connectivity index (χ2n) is 10.4. The molecule has 48 heavy (non-hydrogen) atoms. The molecule has 2 aromatic carbocycles. The number of hydrogen-bond acceptors (Lipinski definition) is 7. The van der Waals surface area contributed by atoms with Crippen LogP contribution in [0.15, 0.2) is 65.4 Å². The third kappa shape index (κ3) is 19.3. The maximum atomic E-state index is 11.7. The number of nitrogens with zero attached hydrogens (tertiary/aromatic N) is 5. The number of halogens is 3. The fourth-order valence-corrected chi connectivity index (χ4v) is 3.54. The monoisotopic (exact) mass is 675 g/mol. The molecule has 0 aliphatic carbocycles. The van der Waals surface area contributed by atoms with Gasteiger partial charge in [-0.15, -0.1) is 0 Å². The molecular weight excluding hydrogens is 619 g/mol. The minimum absolute atomic E-state index is 0.0643. The van der Waals surface area contributed by atoms with Crippen LogP contribution in [-0.4, -0.2) is 73.3 Å². The fourth-order valence-electron chi connectivity index (χ4n) is 3.54. The number of aromatic hydroxyl groups is 1. The van der Waals surface area contributed by atoms with Crippen molar-refractivity contribution in [2.24, 2.45) is 10.2 Å². The number of aromatic nitrogens is 2. The first-order valence-electron chi connectivity index (χ1n) is 15.5. The molecule has 8 nitrogen and oxygen atoms in total. The van der Waals surface area contributed by atoms with Crippen molar-refractivity contribution in [2.45, 2.75) is 74.4 Å². The highest BCUT2D eigenvalue weighted by molar-refractivity contribution is 5.93. The fraction of sp³-hybridized carbons (Fsp3) is 0.432. The van der Waals surface area contributed by atoms with Crippen LogP contribution >= 0.6 is 0 Å². The lowest BCUT2D eigenvalue weighted by Crippen LogP contribution is -2.07. The van der Waals surface area contributed by atoms with Crippen LogP contribution in [0.2, 0.25) is 0 Å². The van der Waals surface area contributed by atoms with Crippen molar-refractivity contribution < 1.29 is 27.9 Å². The summed E-state index contributed by atoms with van der Waals surface area (Å²) in [5.74, 6) is 0.0641. The molecule has 3 rings (SSSR count). The van der Waals surface area contributed by atoms with Gasteiger partial charge >= 0.3 is 6.18 Å². The van der Waals surface area contributed by atoms with Crippen molar-refractivity contribution in [3.05, 3.63) is 94.3 Å². The van der Waals surface area contributed by atoms with E-state index in [2.05, 4.69) is 48.4 Å². The van der Waals surface area contributed by atoms with Gasteiger partial charge in [-0.25, -0.2) is 4.68 Å². The first-order valence-corrected chi connectivity index (χ1v) is 15.5. The Hall–Kier alpha value is -4.38. The molecule has 0 bridgehead atoms. The Bertz CT molecular complexity index is 1440. The summed E-state index contributed by atoms with van der Waals surface area (Å²) in [7, 11) is 9.28. The molecule has 1 N–H and O–H groups in total. The lowest BCUT2D eigenvalue weighted by atomic mass is 9.98. The number of allylic oxidation sites excluding steroid dienone is 1. The number of ketones is 1. The van der Waals surface area contributed by atoms with Gasteiger partial charge in [0.05, 0.1) is 11.4 Å². The second kappa shape index (κ2) is 25.7. The summed E-state index contributed by atoms with van der Waals surface area (Å²) >= 11 is 0. The molecule has 3 aromatic rings. The number of aldehydes is 1. The predicted molar refractivity (Wildman–Crippen MR) is 194 cm³/mol. The quantitative estimate of drug-likeness (QED) is 0.121. The number of aryl methyl sites for hydroxylation is 3. The maximum Gasteiger partial charge on any atom is 0.411 e. The summed E-state index contributed by atoms with van der Waals surface area (Å²) < 4.78 is 34.8. The summed E-state index contributed by atoms with van der Waals surface area (Å²) in [5, 5.41) is 20.8. The van der Waals surface area contributed by atoms with Crippen molar-refractivity contribution in [1.29, 1.82) is 0 Å². The third-order valence-corrected chi connectivity index (χ3v) is 5.76. The van der Waals surface area contributed by atoms with E-state index in [1.807, 2.05) is 59.8 Å². The van der Waals surface area contributed by atoms with Crippen LogP contribution < -0.4 is 0 Å². The van der Waals surface area contributed by atoms with Gasteiger partial charge in [0.25, 0.3) is 0 Å². The molecule has 0 amide bonds. The Morgan fingerprint density at radius 3 is 1.83 bits per heavy atom. The highest BCUT2D eigenvalue weighted by Gasteiger charge is 2.27. The van der Waals surface area contributed by atoms with E-state index in [1.165, 1.54) is 18.1 Å². The van der Waals surface area contributed by atoms with Crippen molar-refractivity contribution in [1.82, 2.24) is 14.7 Å². The summed E-state index contributed by atoms with van der Waals surface area (Å²) in [6, 6.07) is 10.7. The number of alkyl halides is 3. The smallest absolute Gasteiger partial charge is 0.411 e. The van der Waals surface area contributed by atoms with Crippen molar-refractivity contribution in [3.8, 4) is 11.4 Å². The van der Waals surface area contributed by atoms with Crippen molar-refractivity contribution in [3.63, 3.8) is 0 Å². The molecular formula is C37H56F3N5O3. The molecule has 268 valence electrons. The minimum Gasteiger partial charge on any atom is -0.508 e. The molecule has 0 spiro atoms. The first-order chi connectivity index (χ1) is 22.3. The van der Waals surface area contributed by atoms with Crippen LogP contribution in [-0.2, 0) is 12.8 Å². The average Bonchev–Trinajstić information content (AvgIpc) is 3.47. The van der Waals surface area contributed by atoms with Crippen LogP contribution in [0.25, 0.3) is 11.8 Å². The SMILES string of the molecule is C=C(C)C(F)(F)F.C=Cc1ccc(O)cc1-n1nc(CC)cc1C(C)=O.CC.CCc1c(C)cc(C)cc1C=O.CN(C)C.CN=NC. The lowest BCUT2D eigenvalue weighted by Gasteiger charge is -2.09. The molecule has 0 fully saturated rings. The summed E-state index contributed by atoms with van der Waals surface area (Å²) in [4.78, 5) is 24.4. The van der Waals surface area contributed by atoms with Gasteiger partial charge in [0.2, 0.25) is 0 Å². The number of carbonyl (C=O) groups excluding carboxylic acids is 2. The zero-order chi connectivity index (χ0) is 38.2. The first kappa shape index (κ1) is 48.0. The summed E-state index contributed by atoms with van der Waals surface area (Å²) in [5.41, 5.74) is 6.45. The number of Topliss-reactive ketones (excluding diaryl/α,β-unsaturated/α-hetero) is 1. The molecule has 0 saturated carbocycles. The predicted octanol–water partition coefficient (Wildman–Crippen LogP) is 9.69. The van der Waals surface area contributed by atoms with Crippen molar-refractivity contribution in [2.75, 3.05) is 35.2 Å². The average molecular weight is 676 g/mol. The number of rotatable bonds is 6. The third-order valence-electron chi connectivity index (χ3n) is 5.76. The van der Waals surface area contributed by atoms with Gasteiger partial charge in [0, 0.05) is 38.2 Å². The van der Waals surface area contributed by atoms with Crippen molar-refractivity contribution >= 4 is 18.1 Å². The number of azo groups is 1. The van der Waals surface area contributed by atoms with Crippen LogP contribution in [0.4, 0.5) is 13.2 Å². The highest BCUT2D eigenvalue weighted by atomic mass is 19.4. The molecule has 0 aliphatic rings. The second-order valence-corrected chi connectivity index (χ2v) is 10.4. The van der Waals surface area contributed by atoms with E-state index in [1.54, 1.807) is 49.1 Å². The molecule has 0 saturated heterocycles. The van der Waals surface area contributed by atoms with E-state index >= 15 is 0 Å². The molecule has 0 aliphatic heterocycles. The van der Waals surface area contributed by atoms with E-state index < -0.39 is 11.7 Å². The molecule has 11 heteroatoms. The van der Waals surface area contributed by atoms with Gasteiger partial charge in [-0.1, -0.05) is 58.6 Å². The summed E-state index contributed by atoms with van der Waals surface area (Å²) in [6.07, 6.45) is 0.0977. The van der Waals surface area contributed by atoms with Gasteiger partial charge in [-0.05, 0) is 95.7 Å². The molecule has 0 atom stereocenters. The van der Waals surface area contributed by atoms with Gasteiger partial charge < -0.3 is 10.0 Å². The van der Waals surface area contributed by atoms with E-state index in [4.69, 9.17) is 0 Å². The lowest BCUT2D eigenvalue weighted by molar-refractivity contribution is -0.0909. The van der Waals surface area contributed by atoms with Crippen LogP contribution in [0.1, 0.15) is 90.3 Å². The number of phenols is 1. The Morgan fingerprint density at radius 1 is 0.979 bits per heavy atom. The van der Waals surface area contributed by atoms with E-state index in [0.717, 1.165) is 48.4 Å². The minimum atomic E-state index is -4.19. The zero-order valence-electron chi connectivity index (χ0n) is 31.1. The van der Waals surface area contributed by atoms with Gasteiger partial charge in [-0.2, -0.15) is 28.5 Å². The van der Waals surface area contributed by atoms with E-state index in [9.17, 15) is 27.9 Å². The number of carbonyl (C=O) groups is 2. The maximum absolute atomic E-state index is 11.7. The zero-order valence-corrected chi connectivity index (χ0v) is 31.1. The summed E-state index contributed by atoms with van der Waals surface area (Å²) in [6.45, 7) is 21.0. The number of hydrogen-bond donors (Lipinski definition) is 1. The molecule has 0 radical (unpaired) electrons. The van der Waals surface area contributed by atoms with Crippen LogP contribution in [0, 0.1) is 13.8 Å².